The second kappa shape index (κ2) is 10.7. The zero-order valence-corrected chi connectivity index (χ0v) is 15.9. The number of rotatable bonds is 9. The Balaban J connectivity index is 1.58. The van der Waals surface area contributed by atoms with Crippen LogP contribution in [0.1, 0.15) is 23.2 Å². The molecule has 0 bridgehead atoms. The van der Waals surface area contributed by atoms with E-state index in [2.05, 4.69) is 10.6 Å². The van der Waals surface area contributed by atoms with E-state index in [0.29, 0.717) is 28.8 Å². The molecular weight excluding hydrogens is 394 g/mol. The first-order valence-electron chi connectivity index (χ1n) is 8.34. The van der Waals surface area contributed by atoms with Crippen molar-refractivity contribution in [2.24, 2.45) is 0 Å². The van der Waals surface area contributed by atoms with Gasteiger partial charge in [-0.05, 0) is 36.8 Å². The quantitative estimate of drug-likeness (QED) is 0.614. The van der Waals surface area contributed by atoms with Gasteiger partial charge in [-0.1, -0.05) is 35.3 Å². The van der Waals surface area contributed by atoms with Crippen molar-refractivity contribution in [1.82, 2.24) is 10.6 Å². The minimum atomic E-state index is -0.583. The van der Waals surface area contributed by atoms with E-state index >= 15 is 0 Å². The SMILES string of the molecule is O=C(CCCOc1ccc(Cl)cc1Cl)NCCNC(=O)c1ccccc1F. The van der Waals surface area contributed by atoms with E-state index in [1.54, 1.807) is 24.3 Å². The van der Waals surface area contributed by atoms with Gasteiger partial charge >= 0.3 is 0 Å². The van der Waals surface area contributed by atoms with Gasteiger partial charge in [0.15, 0.2) is 0 Å². The lowest BCUT2D eigenvalue weighted by Gasteiger charge is -2.09. The molecule has 5 nitrogen and oxygen atoms in total. The maximum atomic E-state index is 13.5. The van der Waals surface area contributed by atoms with Gasteiger partial charge in [0, 0.05) is 24.5 Å². The van der Waals surface area contributed by atoms with Gasteiger partial charge in [-0.15, -0.1) is 0 Å². The zero-order valence-electron chi connectivity index (χ0n) is 14.4. The van der Waals surface area contributed by atoms with E-state index in [1.165, 1.54) is 18.2 Å². The molecule has 0 aliphatic carbocycles. The van der Waals surface area contributed by atoms with Gasteiger partial charge in [0.25, 0.3) is 5.91 Å². The number of carbonyl (C=O) groups excluding carboxylic acids is 2. The average molecular weight is 413 g/mol. The van der Waals surface area contributed by atoms with Crippen molar-refractivity contribution in [3.8, 4) is 5.75 Å². The molecule has 2 N–H and O–H groups in total. The molecule has 0 spiro atoms. The molecule has 0 unspecified atom stereocenters. The summed E-state index contributed by atoms with van der Waals surface area (Å²) < 4.78 is 19.0. The highest BCUT2D eigenvalue weighted by atomic mass is 35.5. The lowest BCUT2D eigenvalue weighted by atomic mass is 10.2. The van der Waals surface area contributed by atoms with Crippen LogP contribution in [0.4, 0.5) is 4.39 Å². The highest BCUT2D eigenvalue weighted by Crippen LogP contribution is 2.27. The number of carbonyl (C=O) groups is 2. The van der Waals surface area contributed by atoms with Crippen molar-refractivity contribution in [2.45, 2.75) is 12.8 Å². The third-order valence-corrected chi connectivity index (χ3v) is 4.08. The van der Waals surface area contributed by atoms with Crippen LogP contribution in [-0.4, -0.2) is 31.5 Å². The second-order valence-electron chi connectivity index (χ2n) is 5.61. The van der Waals surface area contributed by atoms with Crippen LogP contribution in [-0.2, 0) is 4.79 Å². The lowest BCUT2D eigenvalue weighted by Crippen LogP contribution is -2.35. The van der Waals surface area contributed by atoms with Gasteiger partial charge in [0.05, 0.1) is 17.2 Å². The van der Waals surface area contributed by atoms with Crippen molar-refractivity contribution in [3.05, 3.63) is 63.9 Å². The van der Waals surface area contributed by atoms with E-state index < -0.39 is 11.7 Å². The summed E-state index contributed by atoms with van der Waals surface area (Å²) in [5.41, 5.74) is -0.0261. The van der Waals surface area contributed by atoms with Crippen LogP contribution in [0.25, 0.3) is 0 Å². The van der Waals surface area contributed by atoms with Gasteiger partial charge in [0.2, 0.25) is 5.91 Å². The fourth-order valence-electron chi connectivity index (χ4n) is 2.21. The predicted molar refractivity (Wildman–Crippen MR) is 103 cm³/mol. The summed E-state index contributed by atoms with van der Waals surface area (Å²) >= 11 is 11.8. The highest BCUT2D eigenvalue weighted by Gasteiger charge is 2.10. The molecule has 2 aromatic rings. The van der Waals surface area contributed by atoms with Crippen LogP contribution >= 0.6 is 23.2 Å². The molecule has 2 aromatic carbocycles. The Labute approximate surface area is 166 Å². The molecule has 0 radical (unpaired) electrons. The number of nitrogens with one attached hydrogen (secondary N) is 2. The fraction of sp³-hybridized carbons (Fsp3) is 0.263. The van der Waals surface area contributed by atoms with Crippen molar-refractivity contribution in [3.63, 3.8) is 0 Å². The fourth-order valence-corrected chi connectivity index (χ4v) is 2.68. The standard InChI is InChI=1S/C19H19Cl2FN2O3/c20-13-7-8-17(15(21)12-13)27-11-3-6-18(25)23-9-10-24-19(26)14-4-1-2-5-16(14)22/h1-2,4-5,7-8,12H,3,6,9-11H2,(H,23,25)(H,24,26). The summed E-state index contributed by atoms with van der Waals surface area (Å²) in [6, 6.07) is 10.6. The van der Waals surface area contributed by atoms with Crippen LogP contribution in [0.2, 0.25) is 10.0 Å². The van der Waals surface area contributed by atoms with Gasteiger partial charge in [0.1, 0.15) is 11.6 Å². The topological polar surface area (TPSA) is 67.4 Å². The normalized spacial score (nSPS) is 10.3. The third kappa shape index (κ3) is 7.07. The summed E-state index contributed by atoms with van der Waals surface area (Å²) in [5.74, 6) is -0.756. The smallest absolute Gasteiger partial charge is 0.254 e. The monoisotopic (exact) mass is 412 g/mol. The van der Waals surface area contributed by atoms with Crippen LogP contribution in [0, 0.1) is 5.82 Å². The zero-order chi connectivity index (χ0) is 19.6. The second-order valence-corrected chi connectivity index (χ2v) is 6.46. The Morgan fingerprint density at radius 2 is 1.78 bits per heavy atom. The van der Waals surface area contributed by atoms with E-state index in [9.17, 15) is 14.0 Å². The van der Waals surface area contributed by atoms with E-state index in [1.807, 2.05) is 0 Å². The summed E-state index contributed by atoms with van der Waals surface area (Å²) in [4.78, 5) is 23.6. The Hall–Kier alpha value is -2.31. The van der Waals surface area contributed by atoms with Gasteiger partial charge in [-0.3, -0.25) is 9.59 Å². The lowest BCUT2D eigenvalue weighted by molar-refractivity contribution is -0.121. The summed E-state index contributed by atoms with van der Waals surface area (Å²) in [7, 11) is 0. The average Bonchev–Trinajstić information content (AvgIpc) is 2.64. The predicted octanol–water partition coefficient (Wildman–Crippen LogP) is 3.84. The molecule has 0 fully saturated rings. The number of benzene rings is 2. The minimum Gasteiger partial charge on any atom is -0.492 e. The largest absolute Gasteiger partial charge is 0.492 e. The molecule has 0 heterocycles. The van der Waals surface area contributed by atoms with Crippen LogP contribution < -0.4 is 15.4 Å². The van der Waals surface area contributed by atoms with Gasteiger partial charge in [-0.2, -0.15) is 0 Å². The van der Waals surface area contributed by atoms with E-state index in [4.69, 9.17) is 27.9 Å². The van der Waals surface area contributed by atoms with Gasteiger partial charge < -0.3 is 15.4 Å². The molecule has 0 saturated carbocycles. The molecular formula is C19H19Cl2FN2O3. The number of amides is 2. The Kier molecular flexibility index (Phi) is 8.36. The number of hydrogen-bond donors (Lipinski definition) is 2. The Morgan fingerprint density at radius 3 is 2.52 bits per heavy atom. The summed E-state index contributed by atoms with van der Waals surface area (Å²) in [6.07, 6.45) is 0.777. The van der Waals surface area contributed by atoms with Crippen LogP contribution in [0.5, 0.6) is 5.75 Å². The Morgan fingerprint density at radius 1 is 1.04 bits per heavy atom. The summed E-state index contributed by atoms with van der Waals surface area (Å²) in [6.45, 7) is 0.789. The molecule has 0 aliphatic rings. The first-order chi connectivity index (χ1) is 13.0. The molecule has 0 atom stereocenters. The van der Waals surface area contributed by atoms with Crippen molar-refractivity contribution >= 4 is 35.0 Å². The first-order valence-corrected chi connectivity index (χ1v) is 9.10. The maximum Gasteiger partial charge on any atom is 0.254 e. The highest BCUT2D eigenvalue weighted by molar-refractivity contribution is 6.35. The first kappa shape index (κ1) is 21.0. The molecule has 2 rings (SSSR count). The molecule has 0 aliphatic heterocycles. The molecule has 8 heteroatoms. The van der Waals surface area contributed by atoms with Crippen molar-refractivity contribution in [1.29, 1.82) is 0 Å². The maximum absolute atomic E-state index is 13.5. The van der Waals surface area contributed by atoms with Crippen LogP contribution in [0.15, 0.2) is 42.5 Å². The van der Waals surface area contributed by atoms with Gasteiger partial charge in [-0.25, -0.2) is 4.39 Å². The summed E-state index contributed by atoms with van der Waals surface area (Å²) in [5, 5.41) is 6.16. The molecule has 0 saturated heterocycles. The molecule has 27 heavy (non-hydrogen) atoms. The minimum absolute atomic E-state index is 0.0261. The van der Waals surface area contributed by atoms with E-state index in [-0.39, 0.29) is 31.0 Å². The third-order valence-electron chi connectivity index (χ3n) is 3.55. The van der Waals surface area contributed by atoms with Crippen LogP contribution in [0.3, 0.4) is 0 Å². The molecule has 0 aromatic heterocycles. The Bertz CT molecular complexity index is 802. The van der Waals surface area contributed by atoms with E-state index in [0.717, 1.165) is 0 Å². The van der Waals surface area contributed by atoms with Crippen molar-refractivity contribution < 1.29 is 18.7 Å². The van der Waals surface area contributed by atoms with Crippen molar-refractivity contribution in [2.75, 3.05) is 19.7 Å². The number of halogens is 3. The number of hydrogen-bond acceptors (Lipinski definition) is 3. The molecule has 144 valence electrons. The molecule has 2 amide bonds. The number of ether oxygens (including phenoxy) is 1.